The predicted molar refractivity (Wildman–Crippen MR) is 94.3 cm³/mol. The molecule has 0 aliphatic heterocycles. The Kier molecular flexibility index (Phi) is 4.66. The molecular weight excluding hydrogens is 338 g/mol. The topological polar surface area (TPSA) is 108 Å². The molecule has 26 heavy (non-hydrogen) atoms. The normalized spacial score (nSPS) is 10.4. The van der Waals surface area contributed by atoms with E-state index < -0.39 is 10.8 Å². The molecule has 0 radical (unpaired) electrons. The van der Waals surface area contributed by atoms with Gasteiger partial charge in [0, 0.05) is 6.20 Å². The number of furan rings is 1. The van der Waals surface area contributed by atoms with Crippen LogP contribution in [-0.2, 0) is 0 Å². The Balaban J connectivity index is 1.89. The van der Waals surface area contributed by atoms with Crippen molar-refractivity contribution < 1.29 is 18.9 Å². The van der Waals surface area contributed by atoms with Crippen LogP contribution in [0.25, 0.3) is 11.3 Å². The molecule has 132 valence electrons. The molecule has 2 heterocycles. The molecule has 3 aromatic rings. The number of rotatable bonds is 5. The minimum atomic E-state index is -0.530. The maximum absolute atomic E-state index is 12.3. The van der Waals surface area contributed by atoms with Gasteiger partial charge in [-0.2, -0.15) is 0 Å². The number of aryl methyl sites for hydroxylation is 1. The summed E-state index contributed by atoms with van der Waals surface area (Å²) in [6.07, 6.45) is 1.57. The third-order valence-electron chi connectivity index (χ3n) is 3.74. The van der Waals surface area contributed by atoms with Gasteiger partial charge < -0.3 is 14.5 Å². The van der Waals surface area contributed by atoms with E-state index in [1.54, 1.807) is 18.3 Å². The number of hydrogen-bond acceptors (Lipinski definition) is 6. The number of ether oxygens (including phenoxy) is 1. The molecule has 8 nitrogen and oxygen atoms in total. The summed E-state index contributed by atoms with van der Waals surface area (Å²) in [5, 5.41) is 14.0. The van der Waals surface area contributed by atoms with E-state index in [2.05, 4.69) is 10.3 Å². The standard InChI is InChI=1S/C18H15N3O5/c1-11-4-3-9-19-17(11)20-18(22)16-8-7-15(26-16)13-6-5-12(25-2)10-14(13)21(23)24/h3-10H,1-2H3,(H,19,20,22). The number of pyridine rings is 1. The lowest BCUT2D eigenvalue weighted by molar-refractivity contribution is -0.384. The first-order chi connectivity index (χ1) is 12.5. The van der Waals surface area contributed by atoms with Gasteiger partial charge in [-0.15, -0.1) is 0 Å². The summed E-state index contributed by atoms with van der Waals surface area (Å²) in [4.78, 5) is 27.2. The van der Waals surface area contributed by atoms with Gasteiger partial charge in [-0.3, -0.25) is 14.9 Å². The first-order valence-electron chi connectivity index (χ1n) is 7.65. The van der Waals surface area contributed by atoms with Crippen molar-refractivity contribution in [3.05, 3.63) is 70.1 Å². The summed E-state index contributed by atoms with van der Waals surface area (Å²) < 4.78 is 10.5. The molecule has 0 aliphatic carbocycles. The summed E-state index contributed by atoms with van der Waals surface area (Å²) in [6, 6.07) is 10.9. The number of nitrogens with one attached hydrogen (secondary N) is 1. The molecular formula is C18H15N3O5. The summed E-state index contributed by atoms with van der Waals surface area (Å²) in [7, 11) is 1.42. The molecule has 0 saturated carbocycles. The summed E-state index contributed by atoms with van der Waals surface area (Å²) in [5.41, 5.74) is 0.883. The first kappa shape index (κ1) is 17.2. The zero-order valence-corrected chi connectivity index (χ0v) is 14.1. The lowest BCUT2D eigenvalue weighted by atomic mass is 10.1. The van der Waals surface area contributed by atoms with Gasteiger partial charge in [0.1, 0.15) is 17.3 Å². The van der Waals surface area contributed by atoms with Gasteiger partial charge in [0.15, 0.2) is 5.76 Å². The molecule has 0 saturated heterocycles. The van der Waals surface area contributed by atoms with Crippen LogP contribution in [0.3, 0.4) is 0 Å². The maximum atomic E-state index is 12.3. The first-order valence-corrected chi connectivity index (χ1v) is 7.65. The average Bonchev–Trinajstić information content (AvgIpc) is 3.13. The highest BCUT2D eigenvalue weighted by molar-refractivity contribution is 6.02. The van der Waals surface area contributed by atoms with Crippen LogP contribution < -0.4 is 10.1 Å². The monoisotopic (exact) mass is 353 g/mol. The Bertz CT molecular complexity index is 980. The summed E-state index contributed by atoms with van der Waals surface area (Å²) in [6.45, 7) is 1.82. The second-order valence-electron chi connectivity index (χ2n) is 5.43. The van der Waals surface area contributed by atoms with Gasteiger partial charge in [-0.25, -0.2) is 4.98 Å². The van der Waals surface area contributed by atoms with E-state index in [-0.39, 0.29) is 22.8 Å². The lowest BCUT2D eigenvalue weighted by Gasteiger charge is -2.05. The Morgan fingerprint density at radius 2 is 2.08 bits per heavy atom. The Hall–Kier alpha value is -3.68. The number of carbonyl (C=O) groups excluding carboxylic acids is 1. The molecule has 0 aliphatic rings. The van der Waals surface area contributed by atoms with Crippen LogP contribution in [0.5, 0.6) is 5.75 Å². The van der Waals surface area contributed by atoms with Crippen molar-refractivity contribution in [2.75, 3.05) is 12.4 Å². The number of nitro benzene ring substituents is 1. The van der Waals surface area contributed by atoms with Gasteiger partial charge >= 0.3 is 0 Å². The van der Waals surface area contributed by atoms with Crippen molar-refractivity contribution in [2.24, 2.45) is 0 Å². The van der Waals surface area contributed by atoms with Gasteiger partial charge in [0.25, 0.3) is 11.6 Å². The van der Waals surface area contributed by atoms with Crippen LogP contribution >= 0.6 is 0 Å². The summed E-state index contributed by atoms with van der Waals surface area (Å²) >= 11 is 0. The quantitative estimate of drug-likeness (QED) is 0.552. The highest BCUT2D eigenvalue weighted by atomic mass is 16.6. The van der Waals surface area contributed by atoms with Crippen molar-refractivity contribution in [3.8, 4) is 17.1 Å². The largest absolute Gasteiger partial charge is 0.497 e. The molecule has 1 amide bonds. The molecule has 3 rings (SSSR count). The highest BCUT2D eigenvalue weighted by Gasteiger charge is 2.21. The van der Waals surface area contributed by atoms with Crippen LogP contribution in [0.15, 0.2) is 53.1 Å². The number of hydrogen-bond donors (Lipinski definition) is 1. The lowest BCUT2D eigenvalue weighted by Crippen LogP contribution is -2.12. The van der Waals surface area contributed by atoms with Crippen molar-refractivity contribution in [1.82, 2.24) is 4.98 Å². The Morgan fingerprint density at radius 3 is 2.77 bits per heavy atom. The second-order valence-corrected chi connectivity index (χ2v) is 5.43. The third kappa shape index (κ3) is 3.39. The minimum Gasteiger partial charge on any atom is -0.497 e. The van der Waals surface area contributed by atoms with Crippen molar-refractivity contribution in [3.63, 3.8) is 0 Å². The molecule has 1 aromatic carbocycles. The van der Waals surface area contributed by atoms with Gasteiger partial charge in [0.2, 0.25) is 0 Å². The zero-order chi connectivity index (χ0) is 18.7. The fraction of sp³-hybridized carbons (Fsp3) is 0.111. The van der Waals surface area contributed by atoms with Crippen molar-refractivity contribution >= 4 is 17.4 Å². The van der Waals surface area contributed by atoms with Crippen LogP contribution in [0.2, 0.25) is 0 Å². The molecule has 0 spiro atoms. The predicted octanol–water partition coefficient (Wildman–Crippen LogP) is 3.82. The van der Waals surface area contributed by atoms with Crippen molar-refractivity contribution in [2.45, 2.75) is 6.92 Å². The Morgan fingerprint density at radius 1 is 1.27 bits per heavy atom. The fourth-order valence-electron chi connectivity index (χ4n) is 2.39. The van der Waals surface area contributed by atoms with Gasteiger partial charge in [-0.05, 0) is 42.8 Å². The van der Waals surface area contributed by atoms with Crippen molar-refractivity contribution in [1.29, 1.82) is 0 Å². The minimum absolute atomic E-state index is 0.0233. The number of nitro groups is 1. The van der Waals surface area contributed by atoms with E-state index in [0.29, 0.717) is 11.6 Å². The maximum Gasteiger partial charge on any atom is 0.292 e. The van der Waals surface area contributed by atoms with E-state index in [4.69, 9.17) is 9.15 Å². The molecule has 2 aromatic heterocycles. The molecule has 0 fully saturated rings. The molecule has 0 atom stereocenters. The van der Waals surface area contributed by atoms with Crippen LogP contribution in [0.4, 0.5) is 11.5 Å². The van der Waals surface area contributed by atoms with E-state index in [0.717, 1.165) is 5.56 Å². The Labute approximate surface area is 148 Å². The van der Waals surface area contributed by atoms with E-state index in [1.807, 2.05) is 13.0 Å². The number of carbonyl (C=O) groups is 1. The SMILES string of the molecule is COc1ccc(-c2ccc(C(=O)Nc3ncccc3C)o2)c([N+](=O)[O-])c1. The third-order valence-corrected chi connectivity index (χ3v) is 3.74. The highest BCUT2D eigenvalue weighted by Crippen LogP contribution is 2.34. The second kappa shape index (κ2) is 7.06. The molecule has 0 bridgehead atoms. The van der Waals surface area contributed by atoms with Crippen LogP contribution in [0.1, 0.15) is 16.1 Å². The number of benzene rings is 1. The number of anilines is 1. The number of nitrogens with zero attached hydrogens (tertiary/aromatic N) is 2. The van der Waals surface area contributed by atoms with E-state index >= 15 is 0 Å². The van der Waals surface area contributed by atoms with E-state index in [1.165, 1.54) is 31.4 Å². The smallest absolute Gasteiger partial charge is 0.292 e. The average molecular weight is 353 g/mol. The fourth-order valence-corrected chi connectivity index (χ4v) is 2.39. The summed E-state index contributed by atoms with van der Waals surface area (Å²) in [5.74, 6) is 0.521. The number of aromatic nitrogens is 1. The molecule has 1 N–H and O–H groups in total. The van der Waals surface area contributed by atoms with E-state index in [9.17, 15) is 14.9 Å². The van der Waals surface area contributed by atoms with Gasteiger partial charge in [0.05, 0.1) is 23.7 Å². The van der Waals surface area contributed by atoms with Crippen LogP contribution in [-0.4, -0.2) is 22.9 Å². The molecule has 8 heteroatoms. The zero-order valence-electron chi connectivity index (χ0n) is 14.1. The van der Waals surface area contributed by atoms with Crippen LogP contribution in [0, 0.1) is 17.0 Å². The molecule has 0 unspecified atom stereocenters. The van der Waals surface area contributed by atoms with Gasteiger partial charge in [-0.1, -0.05) is 6.07 Å². The number of amides is 1. The number of methoxy groups -OCH3 is 1.